The Morgan fingerprint density at radius 1 is 1.35 bits per heavy atom. The van der Waals surface area contributed by atoms with E-state index in [1.54, 1.807) is 26.0 Å². The second-order valence-electron chi connectivity index (χ2n) is 4.36. The first kappa shape index (κ1) is 14.0. The van der Waals surface area contributed by atoms with Crippen LogP contribution in [0.25, 0.3) is 0 Å². The smallest absolute Gasteiger partial charge is 0.354 e. The van der Waals surface area contributed by atoms with Crippen LogP contribution >= 0.6 is 0 Å². The summed E-state index contributed by atoms with van der Waals surface area (Å²) < 4.78 is 17.9. The monoisotopic (exact) mass is 278 g/mol. The minimum Gasteiger partial charge on any atom is -0.461 e. The summed E-state index contributed by atoms with van der Waals surface area (Å²) >= 11 is 0. The van der Waals surface area contributed by atoms with Crippen LogP contribution in [0.3, 0.4) is 0 Å². The van der Waals surface area contributed by atoms with Crippen molar-refractivity contribution in [2.75, 3.05) is 6.61 Å². The number of rotatable bonds is 3. The van der Waals surface area contributed by atoms with E-state index in [0.29, 0.717) is 11.1 Å². The van der Waals surface area contributed by atoms with Gasteiger partial charge in [0.2, 0.25) is 0 Å². The fourth-order valence-electron chi connectivity index (χ4n) is 2.04. The maximum Gasteiger partial charge on any atom is 0.354 e. The van der Waals surface area contributed by atoms with Crippen LogP contribution in [0.15, 0.2) is 35.5 Å². The van der Waals surface area contributed by atoms with Crippen LogP contribution in [0.1, 0.15) is 25.5 Å². The molecule has 1 atom stereocenters. The quantitative estimate of drug-likeness (QED) is 0.831. The highest BCUT2D eigenvalue weighted by Gasteiger charge is 2.29. The van der Waals surface area contributed by atoms with E-state index in [2.05, 4.69) is 10.6 Å². The predicted octanol–water partition coefficient (Wildman–Crippen LogP) is 2.02. The lowest BCUT2D eigenvalue weighted by molar-refractivity contribution is -0.139. The van der Waals surface area contributed by atoms with Crippen molar-refractivity contribution in [2.24, 2.45) is 0 Å². The summed E-state index contributed by atoms with van der Waals surface area (Å²) in [6, 6.07) is 4.77. The van der Waals surface area contributed by atoms with Gasteiger partial charge >= 0.3 is 12.0 Å². The minimum atomic E-state index is -0.577. The van der Waals surface area contributed by atoms with Crippen molar-refractivity contribution in [1.82, 2.24) is 10.6 Å². The van der Waals surface area contributed by atoms with Gasteiger partial charge in [-0.15, -0.1) is 0 Å². The van der Waals surface area contributed by atoms with Gasteiger partial charge in [0.25, 0.3) is 0 Å². The predicted molar refractivity (Wildman–Crippen MR) is 70.1 cm³/mol. The average molecular weight is 278 g/mol. The Morgan fingerprint density at radius 3 is 2.60 bits per heavy atom. The number of nitrogens with one attached hydrogen (secondary N) is 2. The summed E-state index contributed by atoms with van der Waals surface area (Å²) in [6.45, 7) is 3.63. The third kappa shape index (κ3) is 2.79. The molecule has 2 N–H and O–H groups in total. The molecule has 106 valence electrons. The summed E-state index contributed by atoms with van der Waals surface area (Å²) in [6.07, 6.45) is 0. The van der Waals surface area contributed by atoms with Crippen LogP contribution in [0.4, 0.5) is 9.18 Å². The molecular weight excluding hydrogens is 263 g/mol. The number of benzene rings is 1. The summed E-state index contributed by atoms with van der Waals surface area (Å²) in [5.74, 6) is -0.937. The molecule has 0 aromatic heterocycles. The van der Waals surface area contributed by atoms with E-state index in [9.17, 15) is 14.0 Å². The zero-order valence-corrected chi connectivity index (χ0v) is 11.2. The standard InChI is InChI=1S/C14H15FN2O3/c1-3-20-13(18)12-8(2)11(16-14(19)17-12)9-4-6-10(15)7-5-9/h4-7,11H,3H2,1-2H3,(H2,16,17,19)/t11-/m0/s1. The lowest BCUT2D eigenvalue weighted by Gasteiger charge is -2.27. The second kappa shape index (κ2) is 5.73. The Hall–Kier alpha value is -2.37. The van der Waals surface area contributed by atoms with Crippen molar-refractivity contribution in [1.29, 1.82) is 0 Å². The Balaban J connectivity index is 2.37. The number of urea groups is 1. The van der Waals surface area contributed by atoms with E-state index in [1.807, 2.05) is 0 Å². The van der Waals surface area contributed by atoms with Crippen LogP contribution in [0.5, 0.6) is 0 Å². The zero-order valence-electron chi connectivity index (χ0n) is 11.2. The molecule has 0 aliphatic carbocycles. The molecule has 2 rings (SSSR count). The van der Waals surface area contributed by atoms with Crippen LogP contribution < -0.4 is 10.6 Å². The number of hydrogen-bond donors (Lipinski definition) is 2. The Kier molecular flexibility index (Phi) is 4.02. The maximum absolute atomic E-state index is 12.9. The first-order valence-corrected chi connectivity index (χ1v) is 6.23. The average Bonchev–Trinajstić information content (AvgIpc) is 2.42. The largest absolute Gasteiger partial charge is 0.461 e. The number of carbonyl (C=O) groups excluding carboxylic acids is 2. The lowest BCUT2D eigenvalue weighted by atomic mass is 9.96. The second-order valence-corrected chi connectivity index (χ2v) is 4.36. The third-order valence-electron chi connectivity index (χ3n) is 3.02. The molecular formula is C14H15FN2O3. The van der Waals surface area contributed by atoms with Crippen molar-refractivity contribution in [3.8, 4) is 0 Å². The number of amides is 2. The van der Waals surface area contributed by atoms with Gasteiger partial charge in [-0.2, -0.15) is 0 Å². The van der Waals surface area contributed by atoms with Crippen molar-refractivity contribution >= 4 is 12.0 Å². The summed E-state index contributed by atoms with van der Waals surface area (Å²) in [5.41, 5.74) is 1.44. The molecule has 1 aliphatic rings. The molecule has 1 heterocycles. The fourth-order valence-corrected chi connectivity index (χ4v) is 2.04. The molecule has 1 aromatic carbocycles. The molecule has 1 aliphatic heterocycles. The van der Waals surface area contributed by atoms with Crippen molar-refractivity contribution in [3.63, 3.8) is 0 Å². The SMILES string of the molecule is CCOC(=O)C1=C(C)[C@@H](c2ccc(F)cc2)NC(=O)N1. The molecule has 1 aromatic rings. The number of hydrogen-bond acceptors (Lipinski definition) is 3. The Morgan fingerprint density at radius 2 is 2.00 bits per heavy atom. The normalized spacial score (nSPS) is 18.4. The first-order chi connectivity index (χ1) is 9.52. The Bertz CT molecular complexity index is 566. The molecule has 2 amide bonds. The lowest BCUT2D eigenvalue weighted by Crippen LogP contribution is -2.45. The van der Waals surface area contributed by atoms with E-state index in [0.717, 1.165) is 0 Å². The van der Waals surface area contributed by atoms with Gasteiger partial charge in [-0.3, -0.25) is 0 Å². The third-order valence-corrected chi connectivity index (χ3v) is 3.02. The fraction of sp³-hybridized carbons (Fsp3) is 0.286. The molecule has 0 saturated carbocycles. The molecule has 5 nitrogen and oxygen atoms in total. The zero-order chi connectivity index (χ0) is 14.7. The van der Waals surface area contributed by atoms with E-state index in [-0.39, 0.29) is 18.1 Å². The Labute approximate surface area is 115 Å². The summed E-state index contributed by atoms with van der Waals surface area (Å²) in [5, 5.41) is 5.13. The molecule has 0 unspecified atom stereocenters. The number of esters is 1. The van der Waals surface area contributed by atoms with Gasteiger partial charge in [-0.1, -0.05) is 12.1 Å². The van der Waals surface area contributed by atoms with Crippen molar-refractivity contribution in [3.05, 3.63) is 46.9 Å². The highest BCUT2D eigenvalue weighted by molar-refractivity contribution is 5.96. The van der Waals surface area contributed by atoms with Gasteiger partial charge < -0.3 is 15.4 Å². The van der Waals surface area contributed by atoms with Gasteiger partial charge in [0, 0.05) is 0 Å². The maximum atomic E-state index is 12.9. The highest BCUT2D eigenvalue weighted by Crippen LogP contribution is 2.26. The number of ether oxygens (including phenoxy) is 1. The van der Waals surface area contributed by atoms with Crippen LogP contribution in [0, 0.1) is 5.82 Å². The van der Waals surface area contributed by atoms with E-state index < -0.39 is 18.0 Å². The van der Waals surface area contributed by atoms with Crippen molar-refractivity contribution in [2.45, 2.75) is 19.9 Å². The van der Waals surface area contributed by atoms with E-state index in [4.69, 9.17) is 4.74 Å². The van der Waals surface area contributed by atoms with Gasteiger partial charge in [0.1, 0.15) is 11.5 Å². The van der Waals surface area contributed by atoms with Crippen LogP contribution in [-0.2, 0) is 9.53 Å². The molecule has 20 heavy (non-hydrogen) atoms. The van der Waals surface area contributed by atoms with Gasteiger partial charge in [0.05, 0.1) is 12.6 Å². The number of halogens is 1. The molecule has 0 saturated heterocycles. The van der Waals surface area contributed by atoms with Gasteiger partial charge in [0.15, 0.2) is 0 Å². The highest BCUT2D eigenvalue weighted by atomic mass is 19.1. The summed E-state index contributed by atoms with van der Waals surface area (Å²) in [7, 11) is 0. The van der Waals surface area contributed by atoms with Gasteiger partial charge in [-0.25, -0.2) is 14.0 Å². The van der Waals surface area contributed by atoms with E-state index >= 15 is 0 Å². The number of carbonyl (C=O) groups is 2. The molecule has 0 fully saturated rings. The summed E-state index contributed by atoms with van der Waals surface area (Å²) in [4.78, 5) is 23.4. The minimum absolute atomic E-state index is 0.130. The molecule has 0 radical (unpaired) electrons. The van der Waals surface area contributed by atoms with Crippen LogP contribution in [0.2, 0.25) is 0 Å². The van der Waals surface area contributed by atoms with Gasteiger partial charge in [-0.05, 0) is 37.1 Å². The van der Waals surface area contributed by atoms with Crippen LogP contribution in [-0.4, -0.2) is 18.6 Å². The molecule has 0 bridgehead atoms. The first-order valence-electron chi connectivity index (χ1n) is 6.23. The topological polar surface area (TPSA) is 67.4 Å². The van der Waals surface area contributed by atoms with Crippen molar-refractivity contribution < 1.29 is 18.7 Å². The molecule has 6 heteroatoms. The van der Waals surface area contributed by atoms with E-state index in [1.165, 1.54) is 12.1 Å². The molecule has 0 spiro atoms.